The highest BCUT2D eigenvalue weighted by molar-refractivity contribution is 5.76. The van der Waals surface area contributed by atoms with Crippen LogP contribution in [-0.4, -0.2) is 87.5 Å². The molecule has 1 rings (SSSR count). The predicted octanol–water partition coefficient (Wildman–Crippen LogP) is 8.39. The molecule has 51 heavy (non-hydrogen) atoms. The van der Waals surface area contributed by atoms with Gasteiger partial charge in [0, 0.05) is 6.42 Å². The Labute approximate surface area is 313 Å². The third kappa shape index (κ3) is 25.0. The number of nitrogens with one attached hydrogen (secondary N) is 1. The fraction of sp³-hybridized carbons (Fsp3) is 0.976. The Balaban J connectivity index is 2.27. The molecule has 0 bridgehead atoms. The smallest absolute Gasteiger partial charge is 0.220 e. The number of hydrogen-bond acceptors (Lipinski definition) is 8. The summed E-state index contributed by atoms with van der Waals surface area (Å²) >= 11 is 0. The van der Waals surface area contributed by atoms with Crippen molar-refractivity contribution in [2.75, 3.05) is 13.2 Å². The Morgan fingerprint density at radius 3 is 1.39 bits per heavy atom. The zero-order chi connectivity index (χ0) is 37.4. The second-order valence-electron chi connectivity index (χ2n) is 15.5. The molecule has 9 heteroatoms. The van der Waals surface area contributed by atoms with Crippen LogP contribution in [0.4, 0.5) is 0 Å². The van der Waals surface area contributed by atoms with Crippen LogP contribution in [0, 0.1) is 0 Å². The van der Waals surface area contributed by atoms with Crippen molar-refractivity contribution in [1.82, 2.24) is 5.32 Å². The van der Waals surface area contributed by atoms with E-state index < -0.39 is 49.5 Å². The molecule has 6 N–H and O–H groups in total. The van der Waals surface area contributed by atoms with E-state index in [0.29, 0.717) is 12.8 Å². The lowest BCUT2D eigenvalue weighted by Crippen LogP contribution is -2.60. The summed E-state index contributed by atoms with van der Waals surface area (Å²) in [6.45, 7) is 3.81. The van der Waals surface area contributed by atoms with Gasteiger partial charge in [0.1, 0.15) is 24.4 Å². The Bertz CT molecular complexity index is 771. The molecule has 0 aromatic rings. The molecular weight excluding hydrogens is 646 g/mol. The normalized spacial score (nSPS) is 21.9. The van der Waals surface area contributed by atoms with E-state index in [1.165, 1.54) is 141 Å². The maximum absolute atomic E-state index is 12.9. The number of aliphatic hydroxyl groups excluding tert-OH is 5. The maximum Gasteiger partial charge on any atom is 0.220 e. The van der Waals surface area contributed by atoms with E-state index in [1.54, 1.807) is 0 Å². The van der Waals surface area contributed by atoms with Crippen LogP contribution in [0.3, 0.4) is 0 Å². The Morgan fingerprint density at radius 1 is 0.588 bits per heavy atom. The van der Waals surface area contributed by atoms with Crippen LogP contribution in [0.15, 0.2) is 0 Å². The lowest BCUT2D eigenvalue weighted by Gasteiger charge is -2.40. The number of amides is 1. The minimum atomic E-state index is -1.55. The van der Waals surface area contributed by atoms with E-state index in [4.69, 9.17) is 9.47 Å². The molecule has 1 aliphatic rings. The van der Waals surface area contributed by atoms with Gasteiger partial charge in [-0.2, -0.15) is 0 Å². The number of carbonyl (C=O) groups excluding carboxylic acids is 1. The summed E-state index contributed by atoms with van der Waals surface area (Å²) in [5, 5.41) is 54.1. The van der Waals surface area contributed by atoms with Gasteiger partial charge >= 0.3 is 0 Å². The van der Waals surface area contributed by atoms with E-state index in [0.717, 1.165) is 38.5 Å². The summed E-state index contributed by atoms with van der Waals surface area (Å²) < 4.78 is 11.2. The van der Waals surface area contributed by atoms with Crippen LogP contribution in [0.1, 0.15) is 206 Å². The molecule has 9 nitrogen and oxygen atoms in total. The highest BCUT2D eigenvalue weighted by Gasteiger charge is 2.44. The molecule has 1 amide bonds. The van der Waals surface area contributed by atoms with Gasteiger partial charge in [-0.3, -0.25) is 4.79 Å². The number of hydrogen-bond donors (Lipinski definition) is 6. The third-order valence-electron chi connectivity index (χ3n) is 10.7. The molecule has 0 radical (unpaired) electrons. The van der Waals surface area contributed by atoms with E-state index >= 15 is 0 Å². The fourth-order valence-electron chi connectivity index (χ4n) is 7.16. The molecule has 1 aliphatic heterocycles. The molecule has 0 aliphatic carbocycles. The molecule has 1 heterocycles. The van der Waals surface area contributed by atoms with Gasteiger partial charge in [-0.25, -0.2) is 0 Å². The molecule has 7 atom stereocenters. The molecule has 1 saturated heterocycles. The number of aliphatic hydroxyl groups is 5. The average molecular weight is 730 g/mol. The topological polar surface area (TPSA) is 149 Å². The first-order valence-electron chi connectivity index (χ1n) is 21.7. The summed E-state index contributed by atoms with van der Waals surface area (Å²) in [6, 6.07) is -0.709. The highest BCUT2D eigenvalue weighted by Crippen LogP contribution is 2.23. The number of unbranched alkanes of at least 4 members (excludes halogenated alkanes) is 26. The summed E-state index contributed by atoms with van der Waals surface area (Å²) in [6.07, 6.45) is 28.3. The van der Waals surface area contributed by atoms with Crippen molar-refractivity contribution in [1.29, 1.82) is 0 Å². The summed E-state index contributed by atoms with van der Waals surface area (Å²) in [5.74, 6) is -0.143. The van der Waals surface area contributed by atoms with E-state index in [-0.39, 0.29) is 12.5 Å². The summed E-state index contributed by atoms with van der Waals surface area (Å²) in [7, 11) is 0. The number of rotatable bonds is 36. The van der Waals surface area contributed by atoms with E-state index in [2.05, 4.69) is 19.2 Å². The van der Waals surface area contributed by atoms with Crippen LogP contribution in [0.2, 0.25) is 0 Å². The average Bonchev–Trinajstić information content (AvgIpc) is 3.13. The largest absolute Gasteiger partial charge is 0.394 e. The van der Waals surface area contributed by atoms with Crippen molar-refractivity contribution in [3.8, 4) is 0 Å². The minimum absolute atomic E-state index is 0.133. The lowest BCUT2D eigenvalue weighted by atomic mass is 9.99. The SMILES string of the molecule is CCCCCCCCCCCCCCCCCCCCCC(=O)N[C@@H](CO[C@@H]1O[C@H](CO)[C@H](O)C(O)C1O)[C@H](O)CCCCCCCCCCC. The molecule has 2 unspecified atom stereocenters. The molecular formula is C42H83NO8. The second-order valence-corrected chi connectivity index (χ2v) is 15.5. The summed E-state index contributed by atoms with van der Waals surface area (Å²) in [4.78, 5) is 12.9. The molecule has 0 saturated carbocycles. The van der Waals surface area contributed by atoms with Gasteiger partial charge in [0.25, 0.3) is 0 Å². The number of ether oxygens (including phenoxy) is 2. The van der Waals surface area contributed by atoms with Gasteiger partial charge in [-0.1, -0.05) is 187 Å². The van der Waals surface area contributed by atoms with Crippen LogP contribution in [-0.2, 0) is 14.3 Å². The molecule has 304 valence electrons. The Hall–Kier alpha value is -0.810. The monoisotopic (exact) mass is 730 g/mol. The highest BCUT2D eigenvalue weighted by atomic mass is 16.7. The maximum atomic E-state index is 12.9. The van der Waals surface area contributed by atoms with Gasteiger partial charge < -0.3 is 40.3 Å². The van der Waals surface area contributed by atoms with Crippen molar-refractivity contribution in [3.05, 3.63) is 0 Å². The van der Waals surface area contributed by atoms with Crippen molar-refractivity contribution in [2.45, 2.75) is 249 Å². The minimum Gasteiger partial charge on any atom is -0.394 e. The van der Waals surface area contributed by atoms with Gasteiger partial charge in [-0.15, -0.1) is 0 Å². The van der Waals surface area contributed by atoms with Gasteiger partial charge in [-0.05, 0) is 12.8 Å². The first-order chi connectivity index (χ1) is 24.8. The van der Waals surface area contributed by atoms with E-state index in [9.17, 15) is 30.3 Å². The fourth-order valence-corrected chi connectivity index (χ4v) is 7.16. The third-order valence-corrected chi connectivity index (χ3v) is 10.7. The molecule has 0 spiro atoms. The molecule has 0 aromatic heterocycles. The summed E-state index contributed by atoms with van der Waals surface area (Å²) in [5.41, 5.74) is 0. The zero-order valence-electron chi connectivity index (χ0n) is 33.1. The van der Waals surface area contributed by atoms with Gasteiger partial charge in [0.15, 0.2) is 6.29 Å². The van der Waals surface area contributed by atoms with Crippen LogP contribution in [0.5, 0.6) is 0 Å². The van der Waals surface area contributed by atoms with Crippen LogP contribution < -0.4 is 5.32 Å². The Morgan fingerprint density at radius 2 is 0.980 bits per heavy atom. The zero-order valence-corrected chi connectivity index (χ0v) is 33.1. The first kappa shape index (κ1) is 48.2. The van der Waals surface area contributed by atoms with Gasteiger partial charge in [0.05, 0.1) is 25.4 Å². The quantitative estimate of drug-likeness (QED) is 0.0353. The van der Waals surface area contributed by atoms with Crippen molar-refractivity contribution >= 4 is 5.91 Å². The second kappa shape index (κ2) is 33.7. The predicted molar refractivity (Wildman–Crippen MR) is 208 cm³/mol. The van der Waals surface area contributed by atoms with Gasteiger partial charge in [0.2, 0.25) is 5.91 Å². The molecule has 1 fully saturated rings. The first-order valence-corrected chi connectivity index (χ1v) is 21.7. The van der Waals surface area contributed by atoms with Crippen LogP contribution in [0.25, 0.3) is 0 Å². The van der Waals surface area contributed by atoms with Crippen molar-refractivity contribution in [3.63, 3.8) is 0 Å². The van der Waals surface area contributed by atoms with Crippen molar-refractivity contribution in [2.24, 2.45) is 0 Å². The molecule has 0 aromatic carbocycles. The van der Waals surface area contributed by atoms with Crippen LogP contribution >= 0.6 is 0 Å². The lowest BCUT2D eigenvalue weighted by molar-refractivity contribution is -0.302. The standard InChI is InChI=1S/C42H83NO8/c1-3-5-7-9-11-13-14-15-16-17-18-19-20-21-22-24-26-28-30-32-38(46)43-35(36(45)31-29-27-25-23-12-10-8-6-4-2)34-50-42-41(49)40(48)39(47)37(33-44)51-42/h35-37,39-42,44-45,47-49H,3-34H2,1-2H3,(H,43,46)/t35-,36+,37+,39-,40?,41?,42+/m0/s1. The van der Waals surface area contributed by atoms with E-state index in [1.807, 2.05) is 0 Å². The number of carbonyl (C=O) groups is 1. The Kier molecular flexibility index (Phi) is 31.9. The van der Waals surface area contributed by atoms with Crippen molar-refractivity contribution < 1.29 is 39.8 Å².